The van der Waals surface area contributed by atoms with Gasteiger partial charge in [-0.2, -0.15) is 0 Å². The van der Waals surface area contributed by atoms with Gasteiger partial charge in [0.25, 0.3) is 10.5 Å². The molecular weight excluding hydrogens is 324 g/mol. The summed E-state index contributed by atoms with van der Waals surface area (Å²) in [4.78, 5) is 2.28. The SMILES string of the molecule is O=S(=O)([O-])F.c1c[se]c(=[N+]2CCOCC2)s1. The van der Waals surface area contributed by atoms with E-state index in [-0.39, 0.29) is 0 Å². The number of ether oxygens (including phenoxy) is 1. The van der Waals surface area contributed by atoms with Crippen molar-refractivity contribution < 1.29 is 21.6 Å². The second kappa shape index (κ2) is 6.63. The molecule has 0 unspecified atom stereocenters. The Kier molecular flexibility index (Phi) is 5.80. The Bertz CT molecular complexity index is 448. The van der Waals surface area contributed by atoms with Crippen LogP contribution in [0.2, 0.25) is 0 Å². The summed E-state index contributed by atoms with van der Waals surface area (Å²) in [5, 5.41) is 2.20. The van der Waals surface area contributed by atoms with Crippen molar-refractivity contribution in [2.75, 3.05) is 26.3 Å². The van der Waals surface area contributed by atoms with Crippen LogP contribution in [-0.4, -0.2) is 53.8 Å². The molecule has 0 aliphatic carbocycles. The number of halogens is 1. The first-order valence-corrected chi connectivity index (χ1v) is 8.33. The van der Waals surface area contributed by atoms with E-state index in [2.05, 4.69) is 14.9 Å². The van der Waals surface area contributed by atoms with Crippen molar-refractivity contribution in [2.24, 2.45) is 0 Å². The van der Waals surface area contributed by atoms with E-state index in [1.807, 2.05) is 11.3 Å². The summed E-state index contributed by atoms with van der Waals surface area (Å²) in [7, 11) is -5.42. The Morgan fingerprint density at radius 2 is 2.06 bits per heavy atom. The molecule has 0 amide bonds. The van der Waals surface area contributed by atoms with Crippen LogP contribution >= 0.6 is 11.3 Å². The molecule has 0 radical (unpaired) electrons. The predicted molar refractivity (Wildman–Crippen MR) is 57.9 cm³/mol. The molecule has 0 spiro atoms. The van der Waals surface area contributed by atoms with Gasteiger partial charge in [-0.25, -0.2) is 8.42 Å². The van der Waals surface area contributed by atoms with Crippen LogP contribution in [0.5, 0.6) is 0 Å². The Labute approximate surface area is 103 Å². The van der Waals surface area contributed by atoms with E-state index in [0.717, 1.165) is 26.3 Å². The molecule has 0 N–H and O–H groups in total. The van der Waals surface area contributed by atoms with Gasteiger partial charge >= 0.3 is 75.3 Å². The van der Waals surface area contributed by atoms with E-state index in [4.69, 9.17) is 17.7 Å². The summed E-state index contributed by atoms with van der Waals surface area (Å²) >= 11 is 2.50. The number of hydrogen-bond donors (Lipinski definition) is 0. The topological polar surface area (TPSA) is 69.4 Å². The Hall–Kier alpha value is -0.0505. The molecule has 1 aliphatic heterocycles. The van der Waals surface area contributed by atoms with E-state index < -0.39 is 10.5 Å². The van der Waals surface area contributed by atoms with Crippen LogP contribution in [0.1, 0.15) is 0 Å². The predicted octanol–water partition coefficient (Wildman–Crippen LogP) is -0.976. The molecule has 2 heterocycles. The van der Waals surface area contributed by atoms with Crippen LogP contribution in [0.15, 0.2) is 10.3 Å². The number of hydrogen-bond acceptors (Lipinski definition) is 5. The average molecular weight is 334 g/mol. The Morgan fingerprint density at radius 1 is 1.50 bits per heavy atom. The second-order valence-electron chi connectivity index (χ2n) is 2.77. The van der Waals surface area contributed by atoms with Crippen molar-refractivity contribution in [1.29, 1.82) is 0 Å². The summed E-state index contributed by atoms with van der Waals surface area (Å²) in [6, 6.07) is 0. The number of nitrogens with zero attached hydrogens (tertiary/aromatic N) is 1. The summed E-state index contributed by atoms with van der Waals surface area (Å²) in [5.41, 5.74) is 0. The van der Waals surface area contributed by atoms with Crippen molar-refractivity contribution in [3.05, 3.63) is 13.9 Å². The van der Waals surface area contributed by atoms with Gasteiger partial charge < -0.3 is 4.55 Å². The molecule has 1 saturated heterocycles. The summed E-state index contributed by atoms with van der Waals surface area (Å²) < 4.78 is 44.6. The van der Waals surface area contributed by atoms with Crippen LogP contribution in [0.4, 0.5) is 3.89 Å². The monoisotopic (exact) mass is 335 g/mol. The molecule has 1 fully saturated rings. The molecule has 9 heteroatoms. The first-order valence-electron chi connectivity index (χ1n) is 4.30. The zero-order valence-corrected chi connectivity index (χ0v) is 11.5. The molecule has 1 aromatic rings. The molecular formula is C7H10FNO4S2Se. The van der Waals surface area contributed by atoms with Crippen LogP contribution < -0.4 is 8.12 Å². The van der Waals surface area contributed by atoms with Crippen molar-refractivity contribution in [1.82, 2.24) is 4.58 Å². The fraction of sp³-hybridized carbons (Fsp3) is 0.571. The molecule has 2 rings (SSSR count). The minimum absolute atomic E-state index is 0.613. The van der Waals surface area contributed by atoms with E-state index in [0.29, 0.717) is 14.5 Å². The van der Waals surface area contributed by atoms with Gasteiger partial charge in [0.1, 0.15) is 0 Å². The van der Waals surface area contributed by atoms with Gasteiger partial charge in [0.2, 0.25) is 0 Å². The maximum atomic E-state index is 10.1. The zero-order valence-electron chi connectivity index (χ0n) is 8.17. The van der Waals surface area contributed by atoms with Crippen LogP contribution in [0, 0.1) is 0 Å². The van der Waals surface area contributed by atoms with Crippen molar-refractivity contribution in [3.8, 4) is 0 Å². The molecule has 92 valence electrons. The molecule has 1 aliphatic rings. The van der Waals surface area contributed by atoms with Crippen LogP contribution in [-0.2, 0) is 15.2 Å². The van der Waals surface area contributed by atoms with Crippen molar-refractivity contribution in [2.45, 2.75) is 0 Å². The van der Waals surface area contributed by atoms with E-state index in [1.165, 1.54) is 0 Å². The zero-order chi connectivity index (χ0) is 12.0. The maximum absolute atomic E-state index is 10.1. The third-order valence-electron chi connectivity index (χ3n) is 1.66. The van der Waals surface area contributed by atoms with Gasteiger partial charge in [-0.1, -0.05) is 0 Å². The Morgan fingerprint density at radius 3 is 2.50 bits per heavy atom. The molecule has 0 saturated carbocycles. The summed E-state index contributed by atoms with van der Waals surface area (Å²) in [6.45, 7) is 3.98. The van der Waals surface area contributed by atoms with Crippen LogP contribution in [0.3, 0.4) is 0 Å². The van der Waals surface area contributed by atoms with Crippen LogP contribution in [0.25, 0.3) is 0 Å². The van der Waals surface area contributed by atoms with Crippen molar-refractivity contribution >= 4 is 36.3 Å². The first kappa shape index (κ1) is 14.0. The fourth-order valence-electron chi connectivity index (χ4n) is 1.09. The third kappa shape index (κ3) is 6.51. The van der Waals surface area contributed by atoms with Gasteiger partial charge in [0.15, 0.2) is 0 Å². The number of rotatable bonds is 0. The van der Waals surface area contributed by atoms with Crippen molar-refractivity contribution in [3.63, 3.8) is 0 Å². The minimum atomic E-state index is -5.42. The number of morpholine rings is 1. The fourth-order valence-corrected chi connectivity index (χ4v) is 4.34. The quantitative estimate of drug-likeness (QED) is 0.265. The summed E-state index contributed by atoms with van der Waals surface area (Å²) in [6.07, 6.45) is 0. The van der Waals surface area contributed by atoms with E-state index >= 15 is 0 Å². The van der Waals surface area contributed by atoms with Gasteiger partial charge in [0.05, 0.1) is 0 Å². The summed E-state index contributed by atoms with van der Waals surface area (Å²) in [5.74, 6) is 0. The van der Waals surface area contributed by atoms with Gasteiger partial charge in [-0.05, 0) is 0 Å². The van der Waals surface area contributed by atoms with Gasteiger partial charge in [-0.15, -0.1) is 3.89 Å². The molecule has 0 aromatic carbocycles. The van der Waals surface area contributed by atoms with Gasteiger partial charge in [-0.3, -0.25) is 0 Å². The van der Waals surface area contributed by atoms with E-state index in [9.17, 15) is 3.89 Å². The average Bonchev–Trinajstić information content (AvgIpc) is 2.69. The normalized spacial score (nSPS) is 16.5. The second-order valence-corrected chi connectivity index (χ2v) is 6.91. The molecule has 0 bridgehead atoms. The first-order chi connectivity index (χ1) is 7.47. The standard InChI is InChI=1S/C7H10NOSSe.FHO3S/c1-3-9-4-2-8(1)7-10-5-6-11-7;1-5(2,3)4/h5-6H,1-4H2;(H,2,3,4)/q+1;/p-1. The van der Waals surface area contributed by atoms with E-state index in [1.54, 1.807) is 3.54 Å². The Balaban J connectivity index is 0.000000221. The molecule has 1 aromatic heterocycles. The molecule has 5 nitrogen and oxygen atoms in total. The molecule has 16 heavy (non-hydrogen) atoms. The van der Waals surface area contributed by atoms with Gasteiger partial charge in [0, 0.05) is 0 Å². The molecule has 0 atom stereocenters. The third-order valence-corrected chi connectivity index (χ3v) is 5.42.